The molecule has 112 valence electrons. The van der Waals surface area contributed by atoms with E-state index in [2.05, 4.69) is 38.7 Å². The maximum Gasteiger partial charge on any atom is 0.387 e. The summed E-state index contributed by atoms with van der Waals surface area (Å²) in [5, 5.41) is 3.49. The Morgan fingerprint density at radius 2 is 2.05 bits per heavy atom. The van der Waals surface area contributed by atoms with Crippen LogP contribution in [0.15, 0.2) is 30.3 Å². The van der Waals surface area contributed by atoms with E-state index in [1.54, 1.807) is 24.3 Å². The molecule has 1 aliphatic carbocycles. The van der Waals surface area contributed by atoms with Crippen molar-refractivity contribution < 1.29 is 13.5 Å². The number of ether oxygens (including phenoxy) is 1. The predicted octanol–water partition coefficient (Wildman–Crippen LogP) is 5.44. The Morgan fingerprint density at radius 1 is 1.29 bits per heavy atom. The minimum atomic E-state index is -2.78. The molecule has 0 fully saturated rings. The first kappa shape index (κ1) is 15.0. The molecular weight excluding hydrogens is 407 g/mol. The van der Waals surface area contributed by atoms with Crippen LogP contribution < -0.4 is 10.1 Å². The Balaban J connectivity index is 1.72. The summed E-state index contributed by atoms with van der Waals surface area (Å²) in [6, 6.07) is 9.24. The first-order valence-corrected chi connectivity index (χ1v) is 8.61. The lowest BCUT2D eigenvalue weighted by molar-refractivity contribution is -0.0498. The molecule has 0 bridgehead atoms. The van der Waals surface area contributed by atoms with Crippen LogP contribution in [-0.4, -0.2) is 6.61 Å². The third-order valence-electron chi connectivity index (χ3n) is 3.50. The van der Waals surface area contributed by atoms with Crippen LogP contribution in [0.2, 0.25) is 0 Å². The van der Waals surface area contributed by atoms with Crippen LogP contribution in [-0.2, 0) is 6.42 Å². The van der Waals surface area contributed by atoms with E-state index in [1.165, 1.54) is 19.7 Å². The average Bonchev–Trinajstić information content (AvgIpc) is 2.82. The first-order chi connectivity index (χ1) is 10.1. The van der Waals surface area contributed by atoms with Crippen LogP contribution in [0.5, 0.6) is 5.75 Å². The van der Waals surface area contributed by atoms with Crippen molar-refractivity contribution in [2.75, 3.05) is 5.32 Å². The number of anilines is 1. The fraction of sp³-hybridized carbons (Fsp3) is 0.333. The zero-order valence-electron chi connectivity index (χ0n) is 11.1. The van der Waals surface area contributed by atoms with Gasteiger partial charge >= 0.3 is 6.61 Å². The van der Waals surface area contributed by atoms with Gasteiger partial charge in [-0.1, -0.05) is 0 Å². The molecule has 1 N–H and O–H groups in total. The number of hydrogen-bond acceptors (Lipinski definition) is 3. The highest BCUT2D eigenvalue weighted by atomic mass is 127. The maximum atomic E-state index is 12.1. The lowest BCUT2D eigenvalue weighted by atomic mass is 9.94. The summed E-state index contributed by atoms with van der Waals surface area (Å²) in [4.78, 5) is 1.46. The summed E-state index contributed by atoms with van der Waals surface area (Å²) >= 11 is 4.22. The van der Waals surface area contributed by atoms with E-state index in [0.717, 1.165) is 18.5 Å². The van der Waals surface area contributed by atoms with Gasteiger partial charge in [0.05, 0.1) is 8.93 Å². The zero-order valence-corrected chi connectivity index (χ0v) is 14.1. The molecule has 1 aromatic carbocycles. The van der Waals surface area contributed by atoms with Crippen molar-refractivity contribution in [3.63, 3.8) is 0 Å². The van der Waals surface area contributed by atoms with E-state index < -0.39 is 6.61 Å². The molecule has 0 aliphatic heterocycles. The van der Waals surface area contributed by atoms with Gasteiger partial charge in [0.2, 0.25) is 0 Å². The summed E-state index contributed by atoms with van der Waals surface area (Å²) < 4.78 is 29.9. The monoisotopic (exact) mass is 421 g/mol. The number of hydrogen-bond donors (Lipinski definition) is 1. The van der Waals surface area contributed by atoms with Gasteiger partial charge in [-0.3, -0.25) is 0 Å². The molecule has 1 unspecified atom stereocenters. The second kappa shape index (κ2) is 6.48. The van der Waals surface area contributed by atoms with Gasteiger partial charge in [0.15, 0.2) is 0 Å². The molecule has 6 heteroatoms. The molecule has 0 saturated carbocycles. The van der Waals surface area contributed by atoms with E-state index in [-0.39, 0.29) is 5.75 Å². The summed E-state index contributed by atoms with van der Waals surface area (Å²) in [6.07, 6.45) is 3.42. The smallest absolute Gasteiger partial charge is 0.387 e. The Labute approximate surface area is 139 Å². The fourth-order valence-electron chi connectivity index (χ4n) is 2.61. The summed E-state index contributed by atoms with van der Waals surface area (Å²) in [5.74, 6) is 0.185. The number of benzene rings is 1. The third kappa shape index (κ3) is 3.66. The summed E-state index contributed by atoms with van der Waals surface area (Å²) in [6.45, 7) is -2.78. The third-order valence-corrected chi connectivity index (χ3v) is 5.48. The van der Waals surface area contributed by atoms with Crippen molar-refractivity contribution in [3.8, 4) is 5.75 Å². The first-order valence-electron chi connectivity index (χ1n) is 6.71. The van der Waals surface area contributed by atoms with Crippen LogP contribution in [0.4, 0.5) is 14.5 Å². The number of halogens is 3. The minimum Gasteiger partial charge on any atom is -0.435 e. The predicted molar refractivity (Wildman–Crippen MR) is 89.4 cm³/mol. The molecule has 0 amide bonds. The van der Waals surface area contributed by atoms with Gasteiger partial charge in [-0.05, 0) is 77.7 Å². The second-order valence-corrected chi connectivity index (χ2v) is 7.95. The topological polar surface area (TPSA) is 21.3 Å². The van der Waals surface area contributed by atoms with Crippen LogP contribution in [0.3, 0.4) is 0 Å². The quantitative estimate of drug-likeness (QED) is 0.664. The Hall–Kier alpha value is -0.890. The van der Waals surface area contributed by atoms with E-state index in [4.69, 9.17) is 0 Å². The molecule has 0 spiro atoms. The molecular formula is C15H14F2INOS. The Morgan fingerprint density at radius 3 is 2.76 bits per heavy atom. The molecule has 1 aliphatic rings. The van der Waals surface area contributed by atoms with Gasteiger partial charge in [-0.15, -0.1) is 11.3 Å². The molecule has 3 rings (SSSR count). The molecule has 1 heterocycles. The lowest BCUT2D eigenvalue weighted by Gasteiger charge is -2.24. The normalized spacial score (nSPS) is 17.6. The molecule has 1 atom stereocenters. The number of thiophene rings is 1. The Bertz CT molecular complexity index is 615. The Kier molecular flexibility index (Phi) is 4.63. The van der Waals surface area contributed by atoms with Gasteiger partial charge in [0.1, 0.15) is 5.75 Å². The van der Waals surface area contributed by atoms with Gasteiger partial charge in [-0.2, -0.15) is 8.78 Å². The van der Waals surface area contributed by atoms with Crippen LogP contribution in [0.25, 0.3) is 0 Å². The van der Waals surface area contributed by atoms with Crippen molar-refractivity contribution in [2.45, 2.75) is 31.9 Å². The van der Waals surface area contributed by atoms with Gasteiger partial charge in [0.25, 0.3) is 0 Å². The van der Waals surface area contributed by atoms with Gasteiger partial charge in [0, 0.05) is 10.6 Å². The van der Waals surface area contributed by atoms with Crippen molar-refractivity contribution in [1.82, 2.24) is 0 Å². The number of aryl methyl sites for hydroxylation is 1. The highest BCUT2D eigenvalue weighted by Gasteiger charge is 2.22. The van der Waals surface area contributed by atoms with E-state index in [0.29, 0.717) is 6.04 Å². The lowest BCUT2D eigenvalue weighted by Crippen LogP contribution is -2.15. The molecule has 0 radical (unpaired) electrons. The van der Waals surface area contributed by atoms with Crippen molar-refractivity contribution in [2.24, 2.45) is 0 Å². The standard InChI is InChI=1S/C15H14F2INOS/c16-15(17)20-10-6-4-9(5-7-10)19-12-2-1-3-13-11(12)8-14(18)21-13/h4-8,12,15,19H,1-3H2. The van der Waals surface area contributed by atoms with Crippen molar-refractivity contribution in [1.29, 1.82) is 0 Å². The molecule has 0 saturated heterocycles. The average molecular weight is 421 g/mol. The number of fused-ring (bicyclic) bond motifs is 1. The van der Waals surface area contributed by atoms with Crippen LogP contribution in [0, 0.1) is 2.88 Å². The summed E-state index contributed by atoms with van der Waals surface area (Å²) in [7, 11) is 0. The molecule has 1 aromatic heterocycles. The van der Waals surface area contributed by atoms with Crippen molar-refractivity contribution >= 4 is 39.6 Å². The number of nitrogens with one attached hydrogen (secondary N) is 1. The van der Waals surface area contributed by atoms with Crippen LogP contribution >= 0.6 is 33.9 Å². The highest BCUT2D eigenvalue weighted by molar-refractivity contribution is 14.1. The van der Waals surface area contributed by atoms with E-state index in [9.17, 15) is 8.78 Å². The second-order valence-electron chi connectivity index (χ2n) is 4.92. The molecule has 2 aromatic rings. The van der Waals surface area contributed by atoms with Gasteiger partial charge in [-0.25, -0.2) is 0 Å². The maximum absolute atomic E-state index is 12.1. The molecule has 21 heavy (non-hydrogen) atoms. The fourth-order valence-corrected chi connectivity index (χ4v) is 4.72. The SMILES string of the molecule is FC(F)Oc1ccc(NC2CCCc3sc(I)cc32)cc1. The highest BCUT2D eigenvalue weighted by Crippen LogP contribution is 2.38. The number of alkyl halides is 2. The van der Waals surface area contributed by atoms with Gasteiger partial charge < -0.3 is 10.1 Å². The van der Waals surface area contributed by atoms with E-state index in [1.807, 2.05) is 11.3 Å². The molecule has 2 nitrogen and oxygen atoms in total. The minimum absolute atomic E-state index is 0.185. The van der Waals surface area contributed by atoms with Crippen molar-refractivity contribution in [3.05, 3.63) is 43.7 Å². The van der Waals surface area contributed by atoms with E-state index >= 15 is 0 Å². The van der Waals surface area contributed by atoms with Crippen LogP contribution in [0.1, 0.15) is 29.3 Å². The summed E-state index contributed by atoms with van der Waals surface area (Å²) in [5.41, 5.74) is 2.30. The largest absolute Gasteiger partial charge is 0.435 e. The zero-order chi connectivity index (χ0) is 14.8. The number of rotatable bonds is 4.